The molecule has 0 aromatic carbocycles. The van der Waals surface area contributed by atoms with Gasteiger partial charge in [-0.25, -0.2) is 4.98 Å². The van der Waals surface area contributed by atoms with E-state index in [1.165, 1.54) is 13.2 Å². The van der Waals surface area contributed by atoms with Crippen LogP contribution in [0.1, 0.15) is 12.8 Å². The molecular formula is C7H10N2O2. The van der Waals surface area contributed by atoms with Crippen molar-refractivity contribution in [1.29, 1.82) is 0 Å². The Morgan fingerprint density at radius 3 is 3.18 bits per heavy atom. The van der Waals surface area contributed by atoms with Crippen LogP contribution < -0.4 is 5.32 Å². The molecule has 0 spiro atoms. The maximum Gasteiger partial charge on any atom is 0.216 e. The number of carbonyl (C=O) groups excluding carboxylic acids is 1. The van der Waals surface area contributed by atoms with Crippen molar-refractivity contribution in [3.63, 3.8) is 0 Å². The number of hydrogen-bond donors (Lipinski definition) is 1. The fourth-order valence-electron chi connectivity index (χ4n) is 0.722. The summed E-state index contributed by atoms with van der Waals surface area (Å²) in [6.07, 6.45) is 3.75. The van der Waals surface area contributed by atoms with Crippen molar-refractivity contribution in [3.05, 3.63) is 18.4 Å². The summed E-state index contributed by atoms with van der Waals surface area (Å²) >= 11 is 0. The van der Waals surface area contributed by atoms with E-state index in [2.05, 4.69) is 10.3 Å². The fourth-order valence-corrected chi connectivity index (χ4v) is 0.722. The van der Waals surface area contributed by atoms with Crippen LogP contribution in [-0.4, -0.2) is 17.4 Å². The second-order valence-corrected chi connectivity index (χ2v) is 2.16. The molecule has 0 aliphatic rings. The van der Waals surface area contributed by atoms with Crippen LogP contribution in [-0.2, 0) is 11.2 Å². The zero-order valence-electron chi connectivity index (χ0n) is 6.33. The molecule has 4 nitrogen and oxygen atoms in total. The van der Waals surface area contributed by atoms with Crippen molar-refractivity contribution in [2.75, 3.05) is 6.54 Å². The number of rotatable bonds is 3. The van der Waals surface area contributed by atoms with Crippen LogP contribution in [0.4, 0.5) is 0 Å². The summed E-state index contributed by atoms with van der Waals surface area (Å²) in [5.41, 5.74) is 0. The third-order valence-corrected chi connectivity index (χ3v) is 1.20. The predicted octanol–water partition coefficient (Wildman–Crippen LogP) is 0.353. The molecule has 0 fully saturated rings. The maximum atomic E-state index is 10.4. The first kappa shape index (κ1) is 7.78. The standard InChI is InChI=1S/C7H10N2O2/c1-6(10)8-3-2-7-9-4-5-11-7/h4-5H,2-3H2,1H3,(H,8,10). The lowest BCUT2D eigenvalue weighted by Gasteiger charge is -1.96. The molecule has 0 unspecified atom stereocenters. The molecule has 0 saturated heterocycles. The summed E-state index contributed by atoms with van der Waals surface area (Å²) in [5.74, 6) is 0.621. The molecule has 60 valence electrons. The first-order valence-corrected chi connectivity index (χ1v) is 3.42. The minimum absolute atomic E-state index is 0.0310. The number of hydrogen-bond acceptors (Lipinski definition) is 3. The van der Waals surface area contributed by atoms with E-state index in [9.17, 15) is 4.79 Å². The van der Waals surface area contributed by atoms with Gasteiger partial charge in [0.05, 0.1) is 6.20 Å². The van der Waals surface area contributed by atoms with Crippen LogP contribution in [0, 0.1) is 0 Å². The maximum absolute atomic E-state index is 10.4. The SMILES string of the molecule is CC(=O)NCCc1ncco1. The minimum atomic E-state index is -0.0310. The highest BCUT2D eigenvalue weighted by Gasteiger charge is 1.96. The van der Waals surface area contributed by atoms with Crippen LogP contribution in [0.15, 0.2) is 16.9 Å². The molecule has 1 amide bonds. The largest absolute Gasteiger partial charge is 0.449 e. The first-order valence-electron chi connectivity index (χ1n) is 3.42. The highest BCUT2D eigenvalue weighted by molar-refractivity contribution is 5.72. The molecule has 0 saturated carbocycles. The molecule has 1 aromatic heterocycles. The lowest BCUT2D eigenvalue weighted by Crippen LogP contribution is -2.22. The van der Waals surface area contributed by atoms with Gasteiger partial charge < -0.3 is 9.73 Å². The summed E-state index contributed by atoms with van der Waals surface area (Å²) in [6, 6.07) is 0. The van der Waals surface area contributed by atoms with Crippen molar-refractivity contribution in [2.24, 2.45) is 0 Å². The van der Waals surface area contributed by atoms with E-state index in [4.69, 9.17) is 4.42 Å². The third-order valence-electron chi connectivity index (χ3n) is 1.20. The number of nitrogens with zero attached hydrogens (tertiary/aromatic N) is 1. The van der Waals surface area contributed by atoms with Gasteiger partial charge in [0, 0.05) is 19.9 Å². The molecule has 0 aliphatic heterocycles. The molecule has 0 bridgehead atoms. The highest BCUT2D eigenvalue weighted by atomic mass is 16.3. The van der Waals surface area contributed by atoms with Crippen molar-refractivity contribution in [2.45, 2.75) is 13.3 Å². The van der Waals surface area contributed by atoms with Crippen LogP contribution in [0.3, 0.4) is 0 Å². The highest BCUT2D eigenvalue weighted by Crippen LogP contribution is 1.93. The van der Waals surface area contributed by atoms with Gasteiger partial charge in [-0.1, -0.05) is 0 Å². The third kappa shape index (κ3) is 2.84. The second-order valence-electron chi connectivity index (χ2n) is 2.16. The smallest absolute Gasteiger partial charge is 0.216 e. The van der Waals surface area contributed by atoms with Crippen molar-refractivity contribution < 1.29 is 9.21 Å². The predicted molar refractivity (Wildman–Crippen MR) is 38.9 cm³/mol. The topological polar surface area (TPSA) is 55.1 Å². The van der Waals surface area contributed by atoms with Crippen molar-refractivity contribution >= 4 is 5.91 Å². The molecule has 1 N–H and O–H groups in total. The van der Waals surface area contributed by atoms with Gasteiger partial charge in [-0.3, -0.25) is 4.79 Å². The van der Waals surface area contributed by atoms with E-state index in [1.54, 1.807) is 6.20 Å². The van der Waals surface area contributed by atoms with E-state index in [0.717, 1.165) is 0 Å². The summed E-state index contributed by atoms with van der Waals surface area (Å²) in [6.45, 7) is 2.06. The molecule has 1 rings (SSSR count). The summed E-state index contributed by atoms with van der Waals surface area (Å²) in [4.78, 5) is 14.3. The van der Waals surface area contributed by atoms with Gasteiger partial charge in [-0.15, -0.1) is 0 Å². The van der Waals surface area contributed by atoms with Gasteiger partial charge in [0.15, 0.2) is 5.89 Å². The first-order chi connectivity index (χ1) is 5.29. The zero-order valence-corrected chi connectivity index (χ0v) is 6.33. The van der Waals surface area contributed by atoms with E-state index in [1.807, 2.05) is 0 Å². The second kappa shape index (κ2) is 3.75. The van der Waals surface area contributed by atoms with Crippen LogP contribution in [0.5, 0.6) is 0 Å². The Kier molecular flexibility index (Phi) is 2.66. The zero-order chi connectivity index (χ0) is 8.10. The number of nitrogens with one attached hydrogen (secondary N) is 1. The van der Waals surface area contributed by atoms with Crippen LogP contribution in [0.2, 0.25) is 0 Å². The molecular weight excluding hydrogens is 144 g/mol. The lowest BCUT2D eigenvalue weighted by atomic mass is 10.4. The molecule has 4 heteroatoms. The molecule has 1 aromatic rings. The van der Waals surface area contributed by atoms with Crippen molar-refractivity contribution in [1.82, 2.24) is 10.3 Å². The van der Waals surface area contributed by atoms with Crippen molar-refractivity contribution in [3.8, 4) is 0 Å². The van der Waals surface area contributed by atoms with Gasteiger partial charge in [0.2, 0.25) is 5.91 Å². The van der Waals surface area contributed by atoms with E-state index in [0.29, 0.717) is 18.9 Å². The molecule has 11 heavy (non-hydrogen) atoms. The minimum Gasteiger partial charge on any atom is -0.449 e. The van der Waals surface area contributed by atoms with E-state index in [-0.39, 0.29) is 5.91 Å². The van der Waals surface area contributed by atoms with Gasteiger partial charge >= 0.3 is 0 Å². The van der Waals surface area contributed by atoms with Gasteiger partial charge in [-0.2, -0.15) is 0 Å². The summed E-state index contributed by atoms with van der Waals surface area (Å²) in [5, 5.41) is 2.64. The Morgan fingerprint density at radius 2 is 2.64 bits per heavy atom. The fraction of sp³-hybridized carbons (Fsp3) is 0.429. The van der Waals surface area contributed by atoms with E-state index < -0.39 is 0 Å². The number of amides is 1. The Morgan fingerprint density at radius 1 is 1.82 bits per heavy atom. The average Bonchev–Trinajstić information content (AvgIpc) is 2.39. The molecule has 0 atom stereocenters. The normalized spacial score (nSPS) is 9.55. The number of oxazole rings is 1. The van der Waals surface area contributed by atoms with Gasteiger partial charge in [0.25, 0.3) is 0 Å². The Hall–Kier alpha value is -1.32. The van der Waals surface area contributed by atoms with Gasteiger partial charge in [0.1, 0.15) is 6.26 Å². The quantitative estimate of drug-likeness (QED) is 0.683. The monoisotopic (exact) mass is 154 g/mol. The van der Waals surface area contributed by atoms with Crippen LogP contribution >= 0.6 is 0 Å². The Labute approximate surface area is 64.6 Å². The Bertz CT molecular complexity index is 218. The average molecular weight is 154 g/mol. The molecule has 1 heterocycles. The summed E-state index contributed by atoms with van der Waals surface area (Å²) < 4.78 is 4.95. The van der Waals surface area contributed by atoms with Gasteiger partial charge in [-0.05, 0) is 0 Å². The van der Waals surface area contributed by atoms with Crippen LogP contribution in [0.25, 0.3) is 0 Å². The summed E-state index contributed by atoms with van der Waals surface area (Å²) in [7, 11) is 0. The molecule has 0 aliphatic carbocycles. The number of carbonyl (C=O) groups is 1. The Balaban J connectivity index is 2.19. The number of aromatic nitrogens is 1. The van der Waals surface area contributed by atoms with E-state index >= 15 is 0 Å². The lowest BCUT2D eigenvalue weighted by molar-refractivity contribution is -0.118. The molecule has 0 radical (unpaired) electrons.